The Morgan fingerprint density at radius 3 is 1.80 bits per heavy atom. The molecule has 3 aromatic rings. The van der Waals surface area contributed by atoms with Gasteiger partial charge < -0.3 is 4.52 Å². The summed E-state index contributed by atoms with van der Waals surface area (Å²) in [6.07, 6.45) is 0. The second-order valence-corrected chi connectivity index (χ2v) is 11.4. The van der Waals surface area contributed by atoms with Crippen LogP contribution in [-0.2, 0) is 4.57 Å². The molecule has 1 heterocycles. The largest absolute Gasteiger partial charge is 0.436 e. The van der Waals surface area contributed by atoms with E-state index in [1.807, 2.05) is 42.5 Å². The van der Waals surface area contributed by atoms with Gasteiger partial charge in [0.2, 0.25) is 0 Å². The molecule has 0 aliphatic carbocycles. The van der Waals surface area contributed by atoms with Crippen molar-refractivity contribution in [3.63, 3.8) is 0 Å². The minimum Gasteiger partial charge on any atom is -0.436 e. The maximum atomic E-state index is 14.9. The summed E-state index contributed by atoms with van der Waals surface area (Å²) < 4.78 is 21.4. The molecule has 1 aliphatic heterocycles. The van der Waals surface area contributed by atoms with Gasteiger partial charge in [-0.3, -0.25) is 4.57 Å². The standard InChI is InChI=1S/C27H31O2P/c1-17(2)20-15-23(18(3)4)27(24(16-20)19(5)6)30(28)26-14-10-8-12-22(26)21-11-7-9-13-25(21)29-30/h7-19H,1-6H3. The fraction of sp³-hybridized carbons (Fsp3) is 0.333. The fourth-order valence-corrected chi connectivity index (χ4v) is 7.32. The van der Waals surface area contributed by atoms with Crippen LogP contribution in [-0.4, -0.2) is 0 Å². The quantitative estimate of drug-likeness (QED) is 0.414. The van der Waals surface area contributed by atoms with E-state index < -0.39 is 7.37 Å². The number of hydrogen-bond acceptors (Lipinski definition) is 2. The van der Waals surface area contributed by atoms with Crippen molar-refractivity contribution >= 4 is 18.0 Å². The van der Waals surface area contributed by atoms with Gasteiger partial charge in [0.05, 0.1) is 10.6 Å². The van der Waals surface area contributed by atoms with E-state index in [-0.39, 0.29) is 11.8 Å². The van der Waals surface area contributed by atoms with Crippen molar-refractivity contribution in [2.24, 2.45) is 0 Å². The van der Waals surface area contributed by atoms with Gasteiger partial charge in [-0.2, -0.15) is 0 Å². The smallest absolute Gasteiger partial charge is 0.307 e. The zero-order chi connectivity index (χ0) is 21.6. The van der Waals surface area contributed by atoms with E-state index in [1.54, 1.807) is 0 Å². The van der Waals surface area contributed by atoms with Crippen LogP contribution in [0.2, 0.25) is 0 Å². The van der Waals surface area contributed by atoms with Crippen molar-refractivity contribution in [3.8, 4) is 16.9 Å². The number of para-hydroxylation sites is 1. The number of hydrogen-bond donors (Lipinski definition) is 0. The van der Waals surface area contributed by atoms with Gasteiger partial charge >= 0.3 is 7.37 Å². The monoisotopic (exact) mass is 418 g/mol. The first-order chi connectivity index (χ1) is 14.2. The molecule has 3 aromatic carbocycles. The van der Waals surface area contributed by atoms with E-state index in [0.29, 0.717) is 11.7 Å². The van der Waals surface area contributed by atoms with Crippen molar-refractivity contribution in [2.45, 2.75) is 59.3 Å². The van der Waals surface area contributed by atoms with Crippen LogP contribution >= 0.6 is 7.37 Å². The van der Waals surface area contributed by atoms with Gasteiger partial charge in [0.15, 0.2) is 0 Å². The van der Waals surface area contributed by atoms with E-state index in [4.69, 9.17) is 4.52 Å². The highest BCUT2D eigenvalue weighted by molar-refractivity contribution is 7.75. The maximum Gasteiger partial charge on any atom is 0.307 e. The van der Waals surface area contributed by atoms with E-state index >= 15 is 0 Å². The minimum absolute atomic E-state index is 0.245. The third kappa shape index (κ3) is 3.32. The Labute approximate surface area is 180 Å². The fourth-order valence-electron chi connectivity index (χ4n) is 4.34. The lowest BCUT2D eigenvalue weighted by Crippen LogP contribution is -2.31. The predicted molar refractivity (Wildman–Crippen MR) is 128 cm³/mol. The molecule has 0 bridgehead atoms. The SMILES string of the molecule is CC(C)c1cc(C(C)C)c(P2(=O)Oc3ccccc3-c3ccccc32)c(C(C)C)c1. The summed E-state index contributed by atoms with van der Waals surface area (Å²) in [6.45, 7) is 13.2. The number of benzene rings is 3. The van der Waals surface area contributed by atoms with Gasteiger partial charge in [0.1, 0.15) is 5.75 Å². The van der Waals surface area contributed by atoms with Crippen LogP contribution in [0.4, 0.5) is 0 Å². The molecule has 0 aromatic heterocycles. The van der Waals surface area contributed by atoms with Crippen LogP contribution in [0.25, 0.3) is 11.1 Å². The summed E-state index contributed by atoms with van der Waals surface area (Å²) in [5.74, 6) is 1.61. The topological polar surface area (TPSA) is 26.3 Å². The Morgan fingerprint density at radius 2 is 1.23 bits per heavy atom. The molecule has 1 unspecified atom stereocenters. The van der Waals surface area contributed by atoms with Gasteiger partial charge in [-0.15, -0.1) is 0 Å². The van der Waals surface area contributed by atoms with Crippen LogP contribution in [0.15, 0.2) is 60.7 Å². The molecule has 3 heteroatoms. The maximum absolute atomic E-state index is 14.9. The molecule has 0 fully saturated rings. The molecule has 0 radical (unpaired) electrons. The molecule has 2 nitrogen and oxygen atoms in total. The van der Waals surface area contributed by atoms with Crippen LogP contribution < -0.4 is 15.1 Å². The Morgan fingerprint density at radius 1 is 0.700 bits per heavy atom. The average molecular weight is 419 g/mol. The van der Waals surface area contributed by atoms with Crippen LogP contribution in [0, 0.1) is 0 Å². The Balaban J connectivity index is 2.09. The lowest BCUT2D eigenvalue weighted by Gasteiger charge is -2.33. The van der Waals surface area contributed by atoms with Crippen molar-refractivity contribution < 1.29 is 9.09 Å². The summed E-state index contributed by atoms with van der Waals surface area (Å²) in [5, 5.41) is 1.71. The van der Waals surface area contributed by atoms with Crippen LogP contribution in [0.1, 0.15) is 76.0 Å². The number of fused-ring (bicyclic) bond motifs is 3. The highest BCUT2D eigenvalue weighted by Crippen LogP contribution is 2.56. The summed E-state index contributed by atoms with van der Waals surface area (Å²) in [4.78, 5) is 0. The molecule has 1 aliphatic rings. The second-order valence-electron chi connectivity index (χ2n) is 9.17. The highest BCUT2D eigenvalue weighted by atomic mass is 31.2. The zero-order valence-corrected chi connectivity index (χ0v) is 19.7. The van der Waals surface area contributed by atoms with Gasteiger partial charge in [-0.25, -0.2) is 0 Å². The van der Waals surface area contributed by atoms with E-state index in [0.717, 1.165) is 32.9 Å². The molecule has 0 saturated heterocycles. The molecule has 0 N–H and O–H groups in total. The molecule has 156 valence electrons. The lowest BCUT2D eigenvalue weighted by molar-refractivity contribution is 0.500. The van der Waals surface area contributed by atoms with Gasteiger partial charge in [-0.1, -0.05) is 90.1 Å². The van der Waals surface area contributed by atoms with E-state index in [1.165, 1.54) is 5.56 Å². The zero-order valence-electron chi connectivity index (χ0n) is 18.8. The van der Waals surface area contributed by atoms with Gasteiger partial charge in [-0.05, 0) is 52.1 Å². The van der Waals surface area contributed by atoms with E-state index in [9.17, 15) is 4.57 Å². The Bertz CT molecular complexity index is 1110. The average Bonchev–Trinajstić information content (AvgIpc) is 2.72. The molecule has 1 atom stereocenters. The summed E-state index contributed by atoms with van der Waals surface area (Å²) >= 11 is 0. The minimum atomic E-state index is -3.32. The predicted octanol–water partition coefficient (Wildman–Crippen LogP) is 7.35. The summed E-state index contributed by atoms with van der Waals surface area (Å²) in [6, 6.07) is 20.5. The normalized spacial score (nSPS) is 17.8. The van der Waals surface area contributed by atoms with Crippen LogP contribution in [0.5, 0.6) is 5.75 Å². The first kappa shape index (κ1) is 20.9. The second kappa shape index (κ2) is 7.75. The third-order valence-corrected chi connectivity index (χ3v) is 8.60. The molecule has 0 amide bonds. The molecular formula is C27H31O2P. The third-order valence-electron chi connectivity index (χ3n) is 6.02. The summed E-state index contributed by atoms with van der Waals surface area (Å²) in [5.41, 5.74) is 5.60. The molecular weight excluding hydrogens is 387 g/mol. The Kier molecular flexibility index (Phi) is 5.41. The molecule has 0 spiro atoms. The van der Waals surface area contributed by atoms with Crippen LogP contribution in [0.3, 0.4) is 0 Å². The van der Waals surface area contributed by atoms with E-state index in [2.05, 4.69) is 59.7 Å². The molecule has 0 saturated carbocycles. The lowest BCUT2D eigenvalue weighted by atomic mass is 9.89. The summed E-state index contributed by atoms with van der Waals surface area (Å²) in [7, 11) is -3.32. The van der Waals surface area contributed by atoms with Crippen molar-refractivity contribution in [3.05, 3.63) is 77.4 Å². The number of rotatable bonds is 4. The van der Waals surface area contributed by atoms with Crippen molar-refractivity contribution in [2.75, 3.05) is 0 Å². The Hall–Kier alpha value is -2.31. The first-order valence-corrected chi connectivity index (χ1v) is 12.5. The molecule has 4 rings (SSSR count). The van der Waals surface area contributed by atoms with Crippen molar-refractivity contribution in [1.82, 2.24) is 0 Å². The van der Waals surface area contributed by atoms with Crippen molar-refractivity contribution in [1.29, 1.82) is 0 Å². The van der Waals surface area contributed by atoms with Gasteiger partial charge in [0.25, 0.3) is 0 Å². The first-order valence-electron chi connectivity index (χ1n) is 10.9. The van der Waals surface area contributed by atoms with Gasteiger partial charge in [0, 0.05) is 5.56 Å². The highest BCUT2D eigenvalue weighted by Gasteiger charge is 2.41. The molecule has 30 heavy (non-hydrogen) atoms.